The molecule has 1 aromatic carbocycles. The third-order valence-electron chi connectivity index (χ3n) is 5.08. The third-order valence-corrected chi connectivity index (χ3v) is 5.08. The number of benzene rings is 1. The minimum Gasteiger partial charge on any atom is -0.358 e. The van der Waals surface area contributed by atoms with Crippen LogP contribution in [-0.2, 0) is 5.54 Å². The van der Waals surface area contributed by atoms with Gasteiger partial charge in [0, 0.05) is 0 Å². The molecule has 0 saturated heterocycles. The van der Waals surface area contributed by atoms with Gasteiger partial charge in [0.1, 0.15) is 29.2 Å². The van der Waals surface area contributed by atoms with Gasteiger partial charge in [-0.1, -0.05) is 49.1 Å². The highest BCUT2D eigenvalue weighted by Crippen LogP contribution is 2.30. The fourth-order valence-corrected chi connectivity index (χ4v) is 3.50. The Morgan fingerprint density at radius 2 is 1.68 bits per heavy atom. The van der Waals surface area contributed by atoms with Crippen LogP contribution in [0.15, 0.2) is 40.7 Å². The van der Waals surface area contributed by atoms with Crippen molar-refractivity contribution in [2.24, 2.45) is 4.99 Å². The molecule has 0 amide bonds. The Hall–Kier alpha value is -2.79. The molecule has 0 bridgehead atoms. The van der Waals surface area contributed by atoms with E-state index in [0.717, 1.165) is 24.2 Å². The van der Waals surface area contributed by atoms with E-state index in [9.17, 15) is 10.5 Å². The predicted molar refractivity (Wildman–Crippen MR) is 97.4 cm³/mol. The van der Waals surface area contributed by atoms with Gasteiger partial charge < -0.3 is 10.6 Å². The molecular weight excluding hydrogens is 310 g/mol. The normalized spacial score (nSPS) is 25.7. The second-order valence-electron chi connectivity index (χ2n) is 6.98. The number of nitrogens with zero attached hydrogens (tertiary/aromatic N) is 3. The molecule has 5 nitrogen and oxygen atoms in total. The lowest BCUT2D eigenvalue weighted by atomic mass is 9.87. The maximum atomic E-state index is 9.42. The van der Waals surface area contributed by atoms with Crippen LogP contribution >= 0.6 is 0 Å². The van der Waals surface area contributed by atoms with E-state index in [1.165, 1.54) is 24.8 Å². The monoisotopic (exact) mass is 333 g/mol. The van der Waals surface area contributed by atoms with Gasteiger partial charge in [-0.2, -0.15) is 10.5 Å². The number of hydrogen-bond donors (Lipinski definition) is 2. The van der Waals surface area contributed by atoms with Crippen LogP contribution in [0.25, 0.3) is 0 Å². The molecular formula is C20H23N5. The van der Waals surface area contributed by atoms with Gasteiger partial charge in [-0.3, -0.25) is 4.99 Å². The first kappa shape index (κ1) is 17.0. The van der Waals surface area contributed by atoms with E-state index in [-0.39, 0.29) is 17.4 Å². The summed E-state index contributed by atoms with van der Waals surface area (Å²) in [6, 6.07) is 12.6. The van der Waals surface area contributed by atoms with E-state index in [0.29, 0.717) is 0 Å². The number of aryl methyl sites for hydroxylation is 1. The van der Waals surface area contributed by atoms with E-state index in [1.807, 2.05) is 26.0 Å². The largest absolute Gasteiger partial charge is 0.358 e. The molecule has 3 rings (SSSR count). The van der Waals surface area contributed by atoms with Crippen LogP contribution in [0.1, 0.15) is 50.2 Å². The van der Waals surface area contributed by atoms with Gasteiger partial charge in [-0.25, -0.2) is 0 Å². The number of nitrogens with one attached hydrogen (secondary N) is 2. The van der Waals surface area contributed by atoms with Crippen LogP contribution in [0.3, 0.4) is 0 Å². The van der Waals surface area contributed by atoms with E-state index < -0.39 is 5.54 Å². The zero-order valence-electron chi connectivity index (χ0n) is 14.8. The number of amidine groups is 1. The summed E-state index contributed by atoms with van der Waals surface area (Å²) in [5.74, 6) is 0.721. The zero-order chi connectivity index (χ0) is 17.9. The number of aliphatic imine (C=N–C) groups is 1. The summed E-state index contributed by atoms with van der Waals surface area (Å²) in [5.41, 5.74) is 2.03. The SMILES string of the molecule is Cc1ccc(C2(C)NC(C#N)=C(C#N)NC2=NC2CCCCC2)cc1. The standard InChI is InChI=1S/C20H23N5/c1-14-8-10-15(11-9-14)20(2)19(23-16-6-4-3-5-7-16)24-17(12-21)18(13-22)25-20/h8-11,16,25H,3-7H2,1-2H3,(H,23,24). The molecule has 1 saturated carbocycles. The number of nitriles is 2. The Labute approximate surface area is 149 Å². The third kappa shape index (κ3) is 3.37. The first-order chi connectivity index (χ1) is 12.1. The van der Waals surface area contributed by atoms with Crippen molar-refractivity contribution in [1.29, 1.82) is 10.5 Å². The molecule has 0 radical (unpaired) electrons. The molecule has 1 heterocycles. The summed E-state index contributed by atoms with van der Waals surface area (Å²) in [6.45, 7) is 4.06. The smallest absolute Gasteiger partial charge is 0.153 e. The first-order valence-corrected chi connectivity index (χ1v) is 8.82. The Balaban J connectivity index is 2.06. The van der Waals surface area contributed by atoms with Crippen molar-refractivity contribution >= 4 is 5.84 Å². The number of rotatable bonds is 2. The van der Waals surface area contributed by atoms with Crippen molar-refractivity contribution in [3.8, 4) is 12.1 Å². The van der Waals surface area contributed by atoms with Gasteiger partial charge in [0.05, 0.1) is 6.04 Å². The molecule has 1 atom stereocenters. The summed E-state index contributed by atoms with van der Waals surface area (Å²) >= 11 is 0. The Morgan fingerprint density at radius 1 is 1.04 bits per heavy atom. The second kappa shape index (κ2) is 6.99. The van der Waals surface area contributed by atoms with Crippen molar-refractivity contribution in [3.05, 3.63) is 46.8 Å². The van der Waals surface area contributed by atoms with Gasteiger partial charge in [0.15, 0.2) is 5.70 Å². The maximum absolute atomic E-state index is 9.42. The molecule has 0 spiro atoms. The fourth-order valence-electron chi connectivity index (χ4n) is 3.50. The summed E-state index contributed by atoms with van der Waals surface area (Å²) < 4.78 is 0. The minimum absolute atomic E-state index is 0.238. The summed E-state index contributed by atoms with van der Waals surface area (Å²) in [6.07, 6.45) is 5.81. The van der Waals surface area contributed by atoms with Crippen molar-refractivity contribution in [2.75, 3.05) is 0 Å². The molecule has 0 aromatic heterocycles. The molecule has 1 aromatic rings. The van der Waals surface area contributed by atoms with Crippen molar-refractivity contribution in [1.82, 2.24) is 10.6 Å². The predicted octanol–water partition coefficient (Wildman–Crippen LogP) is 3.39. The van der Waals surface area contributed by atoms with Crippen LogP contribution in [0.4, 0.5) is 0 Å². The molecule has 1 unspecified atom stereocenters. The molecule has 25 heavy (non-hydrogen) atoms. The highest BCUT2D eigenvalue weighted by atomic mass is 15.2. The second-order valence-corrected chi connectivity index (χ2v) is 6.98. The van der Waals surface area contributed by atoms with E-state index >= 15 is 0 Å². The maximum Gasteiger partial charge on any atom is 0.153 e. The van der Waals surface area contributed by atoms with Crippen molar-refractivity contribution < 1.29 is 0 Å². The lowest BCUT2D eigenvalue weighted by Crippen LogP contribution is -2.56. The van der Waals surface area contributed by atoms with Crippen LogP contribution < -0.4 is 10.6 Å². The summed E-state index contributed by atoms with van der Waals surface area (Å²) in [4.78, 5) is 4.96. The minimum atomic E-state index is -0.656. The Bertz CT molecular complexity index is 785. The molecule has 1 fully saturated rings. The van der Waals surface area contributed by atoms with Crippen LogP contribution in [0.2, 0.25) is 0 Å². The number of hydrogen-bond acceptors (Lipinski definition) is 4. The van der Waals surface area contributed by atoms with Crippen LogP contribution in [0, 0.1) is 29.6 Å². The summed E-state index contributed by atoms with van der Waals surface area (Å²) in [5, 5.41) is 25.2. The van der Waals surface area contributed by atoms with Crippen LogP contribution in [-0.4, -0.2) is 11.9 Å². The highest BCUT2D eigenvalue weighted by Gasteiger charge is 2.39. The summed E-state index contributed by atoms with van der Waals surface area (Å²) in [7, 11) is 0. The fraction of sp³-hybridized carbons (Fsp3) is 0.450. The number of allylic oxidation sites excluding steroid dienone is 2. The van der Waals surface area contributed by atoms with E-state index in [1.54, 1.807) is 0 Å². The van der Waals surface area contributed by atoms with Gasteiger partial charge in [0.25, 0.3) is 0 Å². The molecule has 2 aliphatic rings. The Kier molecular flexibility index (Phi) is 4.76. The molecule has 2 N–H and O–H groups in total. The zero-order valence-corrected chi connectivity index (χ0v) is 14.8. The molecule has 5 heteroatoms. The lowest BCUT2D eigenvalue weighted by molar-refractivity contribution is 0.433. The van der Waals surface area contributed by atoms with Crippen molar-refractivity contribution in [3.63, 3.8) is 0 Å². The van der Waals surface area contributed by atoms with Gasteiger partial charge in [-0.05, 0) is 32.3 Å². The Morgan fingerprint density at radius 3 is 2.28 bits per heavy atom. The van der Waals surface area contributed by atoms with Gasteiger partial charge >= 0.3 is 0 Å². The van der Waals surface area contributed by atoms with Gasteiger partial charge in [0.2, 0.25) is 0 Å². The average Bonchev–Trinajstić information content (AvgIpc) is 2.64. The lowest BCUT2D eigenvalue weighted by Gasteiger charge is -2.38. The topological polar surface area (TPSA) is 84.0 Å². The molecule has 1 aliphatic carbocycles. The van der Waals surface area contributed by atoms with E-state index in [2.05, 4.69) is 34.9 Å². The quantitative estimate of drug-likeness (QED) is 0.869. The average molecular weight is 333 g/mol. The molecule has 128 valence electrons. The molecule has 1 aliphatic heterocycles. The van der Waals surface area contributed by atoms with E-state index in [4.69, 9.17) is 4.99 Å². The van der Waals surface area contributed by atoms with Crippen LogP contribution in [0.5, 0.6) is 0 Å². The first-order valence-electron chi connectivity index (χ1n) is 8.82. The van der Waals surface area contributed by atoms with Crippen molar-refractivity contribution in [2.45, 2.75) is 57.5 Å². The van der Waals surface area contributed by atoms with Gasteiger partial charge in [-0.15, -0.1) is 0 Å². The highest BCUT2D eigenvalue weighted by molar-refractivity contribution is 5.96.